The zero-order valence-corrected chi connectivity index (χ0v) is 15.7. The van der Waals surface area contributed by atoms with Crippen LogP contribution in [0.15, 0.2) is 53.6 Å². The second-order valence-corrected chi connectivity index (χ2v) is 6.41. The third-order valence-electron chi connectivity index (χ3n) is 4.72. The zero-order valence-electron chi connectivity index (χ0n) is 15.7. The van der Waals surface area contributed by atoms with Crippen molar-refractivity contribution in [3.63, 3.8) is 0 Å². The highest BCUT2D eigenvalue weighted by Gasteiger charge is 2.32. The Hall–Kier alpha value is -2.62. The lowest BCUT2D eigenvalue weighted by Gasteiger charge is -2.22. The zero-order chi connectivity index (χ0) is 18.5. The van der Waals surface area contributed by atoms with Gasteiger partial charge in [-0.1, -0.05) is 50.2 Å². The minimum absolute atomic E-state index is 0.0389. The molecule has 136 valence electrons. The minimum atomic E-state index is -0.0799. The third-order valence-corrected chi connectivity index (χ3v) is 4.72. The molecule has 3 rings (SSSR count). The SMILES string of the molecule is CCOc1cccc(C2CC(c3ccc(CC)cc3)=NN2C(=O)CC)c1. The van der Waals surface area contributed by atoms with Gasteiger partial charge in [0.25, 0.3) is 0 Å². The molecule has 0 saturated heterocycles. The van der Waals surface area contributed by atoms with Gasteiger partial charge in [-0.15, -0.1) is 0 Å². The highest BCUT2D eigenvalue weighted by atomic mass is 16.5. The van der Waals surface area contributed by atoms with Crippen molar-refractivity contribution in [2.24, 2.45) is 5.10 Å². The standard InChI is InChI=1S/C22H26N2O2/c1-4-16-10-12-17(13-11-16)20-15-21(24(23-20)22(25)5-2)18-8-7-9-19(14-18)26-6-3/h7-14,21H,4-6,15H2,1-3H3. The fourth-order valence-electron chi connectivity index (χ4n) is 3.25. The van der Waals surface area contributed by atoms with E-state index in [1.54, 1.807) is 5.01 Å². The summed E-state index contributed by atoms with van der Waals surface area (Å²) in [6, 6.07) is 16.4. The lowest BCUT2D eigenvalue weighted by molar-refractivity contribution is -0.132. The molecule has 1 unspecified atom stereocenters. The molecule has 26 heavy (non-hydrogen) atoms. The van der Waals surface area contributed by atoms with E-state index in [1.165, 1.54) is 5.56 Å². The van der Waals surface area contributed by atoms with E-state index in [0.717, 1.165) is 29.0 Å². The molecule has 0 N–H and O–H groups in total. The second-order valence-electron chi connectivity index (χ2n) is 6.41. The number of hydrogen-bond acceptors (Lipinski definition) is 3. The summed E-state index contributed by atoms with van der Waals surface area (Å²) in [5.74, 6) is 0.867. The van der Waals surface area contributed by atoms with Crippen molar-refractivity contribution < 1.29 is 9.53 Å². The Kier molecular flexibility index (Phi) is 5.71. The van der Waals surface area contributed by atoms with Gasteiger partial charge in [0.1, 0.15) is 5.75 Å². The van der Waals surface area contributed by atoms with Crippen LogP contribution in [-0.2, 0) is 11.2 Å². The molecule has 0 bridgehead atoms. The Bertz CT molecular complexity index is 796. The van der Waals surface area contributed by atoms with E-state index >= 15 is 0 Å². The van der Waals surface area contributed by atoms with Gasteiger partial charge in [-0.2, -0.15) is 5.10 Å². The summed E-state index contributed by atoms with van der Waals surface area (Å²) < 4.78 is 5.62. The van der Waals surface area contributed by atoms with Crippen LogP contribution in [0.25, 0.3) is 0 Å². The van der Waals surface area contributed by atoms with Gasteiger partial charge < -0.3 is 4.74 Å². The van der Waals surface area contributed by atoms with Gasteiger partial charge in [-0.3, -0.25) is 4.79 Å². The topological polar surface area (TPSA) is 41.9 Å². The number of nitrogens with zero attached hydrogens (tertiary/aromatic N) is 2. The number of aryl methyl sites for hydroxylation is 1. The first-order chi connectivity index (χ1) is 12.7. The van der Waals surface area contributed by atoms with Gasteiger partial charge in [0.05, 0.1) is 18.4 Å². The molecular formula is C22H26N2O2. The molecule has 4 heteroatoms. The number of benzene rings is 2. The Morgan fingerprint density at radius 2 is 1.92 bits per heavy atom. The fourth-order valence-corrected chi connectivity index (χ4v) is 3.25. The van der Waals surface area contributed by atoms with Crippen molar-refractivity contribution in [2.45, 2.75) is 46.1 Å². The predicted octanol–water partition coefficient (Wildman–Crippen LogP) is 4.74. The number of ether oxygens (including phenoxy) is 1. The van der Waals surface area contributed by atoms with Crippen molar-refractivity contribution in [1.29, 1.82) is 0 Å². The van der Waals surface area contributed by atoms with Crippen LogP contribution < -0.4 is 4.74 Å². The van der Waals surface area contributed by atoms with E-state index in [0.29, 0.717) is 19.4 Å². The average Bonchev–Trinajstić information content (AvgIpc) is 3.13. The van der Waals surface area contributed by atoms with Gasteiger partial charge >= 0.3 is 0 Å². The van der Waals surface area contributed by atoms with Crippen LogP contribution in [0.2, 0.25) is 0 Å². The molecule has 1 amide bonds. The summed E-state index contributed by atoms with van der Waals surface area (Å²) in [4.78, 5) is 12.5. The molecule has 0 aliphatic carbocycles. The monoisotopic (exact) mass is 350 g/mol. The van der Waals surface area contributed by atoms with Crippen molar-refractivity contribution in [3.05, 3.63) is 65.2 Å². The van der Waals surface area contributed by atoms with Crippen LogP contribution in [0.5, 0.6) is 5.75 Å². The third kappa shape index (κ3) is 3.79. The van der Waals surface area contributed by atoms with Gasteiger partial charge in [-0.05, 0) is 42.2 Å². The van der Waals surface area contributed by atoms with Gasteiger partial charge in [-0.25, -0.2) is 5.01 Å². The Morgan fingerprint density at radius 1 is 1.15 bits per heavy atom. The molecule has 1 aliphatic rings. The van der Waals surface area contributed by atoms with E-state index in [-0.39, 0.29) is 11.9 Å². The van der Waals surface area contributed by atoms with Gasteiger partial charge in [0.2, 0.25) is 5.91 Å². The normalized spacial score (nSPS) is 16.5. The maximum atomic E-state index is 12.5. The molecule has 0 saturated carbocycles. The molecular weight excluding hydrogens is 324 g/mol. The summed E-state index contributed by atoms with van der Waals surface area (Å²) in [7, 11) is 0. The number of carbonyl (C=O) groups is 1. The van der Waals surface area contributed by atoms with Gasteiger partial charge in [0.15, 0.2) is 0 Å². The van der Waals surface area contributed by atoms with Crippen molar-refractivity contribution >= 4 is 11.6 Å². The van der Waals surface area contributed by atoms with Crippen LogP contribution in [0.3, 0.4) is 0 Å². The van der Waals surface area contributed by atoms with E-state index in [2.05, 4.69) is 36.3 Å². The van der Waals surface area contributed by atoms with Crippen LogP contribution in [0.4, 0.5) is 0 Å². The maximum Gasteiger partial charge on any atom is 0.242 e. The molecule has 0 aromatic heterocycles. The summed E-state index contributed by atoms with van der Waals surface area (Å²) in [5, 5.41) is 6.32. The second kappa shape index (κ2) is 8.17. The lowest BCUT2D eigenvalue weighted by Crippen LogP contribution is -2.26. The molecule has 4 nitrogen and oxygen atoms in total. The first-order valence-electron chi connectivity index (χ1n) is 9.37. The Labute approximate surface area is 155 Å². The fraction of sp³-hybridized carbons (Fsp3) is 0.364. The van der Waals surface area contributed by atoms with E-state index < -0.39 is 0 Å². The smallest absolute Gasteiger partial charge is 0.242 e. The molecule has 0 fully saturated rings. The average molecular weight is 350 g/mol. The summed E-state index contributed by atoms with van der Waals surface area (Å²) in [5.41, 5.74) is 4.40. The largest absolute Gasteiger partial charge is 0.494 e. The first kappa shape index (κ1) is 18.2. The molecule has 1 atom stereocenters. The van der Waals surface area contributed by atoms with Gasteiger partial charge in [0, 0.05) is 12.8 Å². The minimum Gasteiger partial charge on any atom is -0.494 e. The quantitative estimate of drug-likeness (QED) is 0.755. The summed E-state index contributed by atoms with van der Waals surface area (Å²) in [6.07, 6.45) is 2.17. The van der Waals surface area contributed by atoms with Crippen molar-refractivity contribution in [2.75, 3.05) is 6.61 Å². The summed E-state index contributed by atoms with van der Waals surface area (Å²) >= 11 is 0. The molecule has 2 aromatic carbocycles. The molecule has 0 radical (unpaired) electrons. The number of hydrogen-bond donors (Lipinski definition) is 0. The first-order valence-corrected chi connectivity index (χ1v) is 9.37. The molecule has 1 heterocycles. The highest BCUT2D eigenvalue weighted by Crippen LogP contribution is 2.34. The lowest BCUT2D eigenvalue weighted by atomic mass is 9.97. The van der Waals surface area contributed by atoms with Crippen LogP contribution in [-0.4, -0.2) is 23.2 Å². The van der Waals surface area contributed by atoms with Crippen molar-refractivity contribution in [1.82, 2.24) is 5.01 Å². The van der Waals surface area contributed by atoms with Crippen LogP contribution in [0.1, 0.15) is 56.3 Å². The highest BCUT2D eigenvalue weighted by molar-refractivity contribution is 6.03. The van der Waals surface area contributed by atoms with E-state index in [4.69, 9.17) is 4.74 Å². The Balaban J connectivity index is 1.91. The molecule has 0 spiro atoms. The predicted molar refractivity (Wildman–Crippen MR) is 104 cm³/mol. The number of amides is 1. The van der Waals surface area contributed by atoms with Crippen LogP contribution in [0, 0.1) is 0 Å². The molecule has 2 aromatic rings. The van der Waals surface area contributed by atoms with E-state index in [1.807, 2.05) is 38.1 Å². The Morgan fingerprint density at radius 3 is 2.58 bits per heavy atom. The molecule has 1 aliphatic heterocycles. The number of carbonyl (C=O) groups excluding carboxylic acids is 1. The van der Waals surface area contributed by atoms with Crippen molar-refractivity contribution in [3.8, 4) is 5.75 Å². The van der Waals surface area contributed by atoms with Crippen LogP contribution >= 0.6 is 0 Å². The number of hydrazone groups is 1. The maximum absolute atomic E-state index is 12.5. The number of rotatable bonds is 6. The summed E-state index contributed by atoms with van der Waals surface area (Å²) in [6.45, 7) is 6.61. The van der Waals surface area contributed by atoms with E-state index in [9.17, 15) is 4.79 Å².